The second-order valence-corrected chi connectivity index (χ2v) is 5.61. The molecule has 3 nitrogen and oxygen atoms in total. The van der Waals surface area contributed by atoms with Gasteiger partial charge in [0.15, 0.2) is 0 Å². The molecule has 120 valence electrons. The van der Waals surface area contributed by atoms with Gasteiger partial charge in [0.1, 0.15) is 5.75 Å². The van der Waals surface area contributed by atoms with Crippen molar-refractivity contribution in [3.8, 4) is 5.75 Å². The molecule has 0 saturated heterocycles. The normalized spacial score (nSPS) is 11.6. The summed E-state index contributed by atoms with van der Waals surface area (Å²) in [4.78, 5) is 0. The van der Waals surface area contributed by atoms with Gasteiger partial charge >= 0.3 is 0 Å². The highest BCUT2D eigenvalue weighted by molar-refractivity contribution is 9.10. The lowest BCUT2D eigenvalue weighted by Gasteiger charge is -2.13. The highest BCUT2D eigenvalue weighted by Crippen LogP contribution is 2.26. The van der Waals surface area contributed by atoms with Crippen LogP contribution in [0.1, 0.15) is 24.2 Å². The van der Waals surface area contributed by atoms with Crippen LogP contribution >= 0.6 is 15.9 Å². The smallest absolute Gasteiger partial charge is 0.133 e. The molecule has 2 rings (SSSR count). The Morgan fingerprint density at radius 2 is 1.91 bits per heavy atom. The van der Waals surface area contributed by atoms with E-state index in [1.807, 2.05) is 55.5 Å². The van der Waals surface area contributed by atoms with Gasteiger partial charge in [0, 0.05) is 13.1 Å². The number of benzene rings is 2. The lowest BCUT2D eigenvalue weighted by molar-refractivity contribution is -0.00000642. The highest BCUT2D eigenvalue weighted by Gasteiger charge is 2.07. The Labute approximate surface area is 146 Å². The number of halogens is 2. The third-order valence-corrected chi connectivity index (χ3v) is 3.77. The van der Waals surface area contributed by atoms with Crippen molar-refractivity contribution in [1.29, 1.82) is 0 Å². The van der Waals surface area contributed by atoms with E-state index in [9.17, 15) is 5.11 Å². The van der Waals surface area contributed by atoms with Gasteiger partial charge in [0.05, 0.1) is 17.2 Å². The molecule has 1 atom stereocenters. The van der Waals surface area contributed by atoms with E-state index in [0.29, 0.717) is 19.7 Å². The Morgan fingerprint density at radius 3 is 2.55 bits per heavy atom. The minimum absolute atomic E-state index is 0. The summed E-state index contributed by atoms with van der Waals surface area (Å²) in [7, 11) is 0. The first kappa shape index (κ1) is 19.0. The Morgan fingerprint density at radius 1 is 1.18 bits per heavy atom. The van der Waals surface area contributed by atoms with Crippen molar-refractivity contribution < 1.29 is 22.3 Å². The summed E-state index contributed by atoms with van der Waals surface area (Å²) in [6, 6.07) is 15.7. The van der Waals surface area contributed by atoms with Gasteiger partial charge < -0.3 is 27.6 Å². The minimum Gasteiger partial charge on any atom is -1.00 e. The third-order valence-electron chi connectivity index (χ3n) is 3.15. The van der Waals surface area contributed by atoms with E-state index < -0.39 is 6.10 Å². The molecule has 0 spiro atoms. The van der Waals surface area contributed by atoms with Crippen LogP contribution in [0.3, 0.4) is 0 Å². The molecule has 0 aliphatic carbocycles. The monoisotopic (exact) mass is 384 g/mol. The van der Waals surface area contributed by atoms with Crippen LogP contribution in [0.15, 0.2) is 53.0 Å². The molecular formula is C17H20BrClNO2-. The number of hydrogen-bond acceptors (Lipinski definition) is 3. The highest BCUT2D eigenvalue weighted by atomic mass is 79.9. The molecule has 0 heterocycles. The van der Waals surface area contributed by atoms with E-state index in [2.05, 4.69) is 21.2 Å². The van der Waals surface area contributed by atoms with Gasteiger partial charge in [-0.25, -0.2) is 0 Å². The maximum absolute atomic E-state index is 10.1. The third kappa shape index (κ3) is 5.61. The predicted molar refractivity (Wildman–Crippen MR) is 88.4 cm³/mol. The number of hydrogen-bond donors (Lipinski definition) is 2. The van der Waals surface area contributed by atoms with E-state index in [0.717, 1.165) is 21.3 Å². The van der Waals surface area contributed by atoms with Crippen LogP contribution < -0.4 is 22.5 Å². The molecule has 0 aromatic heterocycles. The molecule has 0 saturated carbocycles. The Balaban J connectivity index is 0.00000242. The molecule has 0 aliphatic rings. The maximum Gasteiger partial charge on any atom is 0.133 e. The second-order valence-electron chi connectivity index (χ2n) is 4.76. The summed E-state index contributed by atoms with van der Waals surface area (Å²) in [5.41, 5.74) is 2.07. The molecule has 5 heteroatoms. The Bertz CT molecular complexity index is 566. The zero-order valence-electron chi connectivity index (χ0n) is 12.4. The van der Waals surface area contributed by atoms with Crippen LogP contribution in [0, 0.1) is 0 Å². The molecular weight excluding hydrogens is 366 g/mol. The lowest BCUT2D eigenvalue weighted by Crippen LogP contribution is -3.00. The van der Waals surface area contributed by atoms with Crippen LogP contribution in [0.2, 0.25) is 0 Å². The van der Waals surface area contributed by atoms with Crippen molar-refractivity contribution >= 4 is 15.9 Å². The molecule has 0 amide bonds. The van der Waals surface area contributed by atoms with Crippen LogP contribution in [0.25, 0.3) is 0 Å². The van der Waals surface area contributed by atoms with Gasteiger partial charge in [-0.2, -0.15) is 0 Å². The predicted octanol–water partition coefficient (Wildman–Crippen LogP) is 0.675. The van der Waals surface area contributed by atoms with Crippen molar-refractivity contribution in [3.05, 3.63) is 64.1 Å². The van der Waals surface area contributed by atoms with Crippen molar-refractivity contribution in [3.63, 3.8) is 0 Å². The van der Waals surface area contributed by atoms with Crippen molar-refractivity contribution in [2.24, 2.45) is 0 Å². The Hall–Kier alpha value is -1.07. The second kappa shape index (κ2) is 9.85. The summed E-state index contributed by atoms with van der Waals surface area (Å²) in [6.45, 7) is 3.84. The summed E-state index contributed by atoms with van der Waals surface area (Å²) < 4.78 is 6.44. The van der Waals surface area contributed by atoms with Gasteiger partial charge in [0.2, 0.25) is 0 Å². The average molecular weight is 386 g/mol. The number of rotatable bonds is 7. The fourth-order valence-electron chi connectivity index (χ4n) is 2.07. The zero-order chi connectivity index (χ0) is 15.1. The van der Waals surface area contributed by atoms with E-state index in [4.69, 9.17) is 4.74 Å². The summed E-state index contributed by atoms with van der Waals surface area (Å²) in [5, 5.41) is 13.3. The van der Waals surface area contributed by atoms with Crippen molar-refractivity contribution in [2.75, 3.05) is 13.2 Å². The topological polar surface area (TPSA) is 41.5 Å². The molecule has 2 N–H and O–H groups in total. The quantitative estimate of drug-likeness (QED) is 0.736. The largest absolute Gasteiger partial charge is 1.00 e. The minimum atomic E-state index is -0.489. The summed E-state index contributed by atoms with van der Waals surface area (Å²) in [6.07, 6.45) is -0.489. The molecule has 2 aromatic rings. The molecule has 2 aromatic carbocycles. The summed E-state index contributed by atoms with van der Waals surface area (Å²) >= 11 is 3.50. The van der Waals surface area contributed by atoms with Crippen LogP contribution in [-0.4, -0.2) is 18.3 Å². The maximum atomic E-state index is 10.1. The van der Waals surface area contributed by atoms with E-state index in [-0.39, 0.29) is 12.4 Å². The Kier molecular flexibility index (Phi) is 8.49. The van der Waals surface area contributed by atoms with Crippen LogP contribution in [0.4, 0.5) is 0 Å². The van der Waals surface area contributed by atoms with Gasteiger partial charge in [-0.15, -0.1) is 0 Å². The molecule has 0 radical (unpaired) electrons. The standard InChI is InChI=1S/C17H20BrNO2.ClH/c1-2-21-17-9-8-13(10-15(17)18)11-19-12-16(20)14-6-4-3-5-7-14;/h3-10,16,19-20H,2,11-12H2,1H3;1H/p-1. The van der Waals surface area contributed by atoms with Gasteiger partial charge in [-0.3, -0.25) is 0 Å². The lowest BCUT2D eigenvalue weighted by atomic mass is 10.1. The fraction of sp³-hybridized carbons (Fsp3) is 0.294. The molecule has 1 unspecified atom stereocenters. The molecule has 22 heavy (non-hydrogen) atoms. The molecule has 0 bridgehead atoms. The van der Waals surface area contributed by atoms with Gasteiger partial charge in [-0.05, 0) is 46.1 Å². The van der Waals surface area contributed by atoms with Gasteiger partial charge in [0.25, 0.3) is 0 Å². The number of aliphatic hydroxyl groups excluding tert-OH is 1. The summed E-state index contributed by atoms with van der Waals surface area (Å²) in [5.74, 6) is 0.852. The molecule has 0 aliphatic heterocycles. The molecule has 0 fully saturated rings. The van der Waals surface area contributed by atoms with E-state index in [1.54, 1.807) is 0 Å². The van der Waals surface area contributed by atoms with Crippen LogP contribution in [0.5, 0.6) is 5.75 Å². The number of ether oxygens (including phenoxy) is 1. The van der Waals surface area contributed by atoms with Crippen LogP contribution in [-0.2, 0) is 6.54 Å². The first-order chi connectivity index (χ1) is 10.2. The van der Waals surface area contributed by atoms with E-state index in [1.165, 1.54) is 0 Å². The average Bonchev–Trinajstić information content (AvgIpc) is 2.51. The van der Waals surface area contributed by atoms with Gasteiger partial charge in [-0.1, -0.05) is 36.4 Å². The van der Waals surface area contributed by atoms with Crippen molar-refractivity contribution in [2.45, 2.75) is 19.6 Å². The first-order valence-electron chi connectivity index (χ1n) is 7.05. The number of aliphatic hydroxyl groups is 1. The SMILES string of the molecule is CCOc1ccc(CNCC(O)c2ccccc2)cc1Br.[Cl-]. The fourth-order valence-corrected chi connectivity index (χ4v) is 2.61. The van der Waals surface area contributed by atoms with Crippen molar-refractivity contribution in [1.82, 2.24) is 5.32 Å². The number of nitrogens with one attached hydrogen (secondary N) is 1. The zero-order valence-corrected chi connectivity index (χ0v) is 14.8. The van der Waals surface area contributed by atoms with E-state index >= 15 is 0 Å². The first-order valence-corrected chi connectivity index (χ1v) is 7.85.